The molecule has 3 aliphatic heterocycles. The predicted octanol–water partition coefficient (Wildman–Crippen LogP) is -6.55. The Morgan fingerprint density at radius 1 is 0.545 bits per heavy atom. The lowest BCUT2D eigenvalue weighted by atomic mass is 9.96. The molecule has 15 atom stereocenters. The topological polar surface area (TPSA) is 248 Å². The molecule has 10 N–H and O–H groups in total. The largest absolute Gasteiger partial charge is 0.394 e. The van der Waals surface area contributed by atoms with Crippen molar-refractivity contribution in [2.24, 2.45) is 0 Å². The third kappa shape index (κ3) is 5.32. The molecule has 3 saturated heterocycles. The van der Waals surface area contributed by atoms with Crippen LogP contribution in [0, 0.1) is 0 Å². The lowest BCUT2D eigenvalue weighted by Crippen LogP contribution is -2.66. The molecule has 33 heavy (non-hydrogen) atoms. The van der Waals surface area contributed by atoms with Crippen molar-refractivity contribution in [2.75, 3.05) is 13.2 Å². The van der Waals surface area contributed by atoms with Crippen molar-refractivity contribution in [1.82, 2.24) is 0 Å². The van der Waals surface area contributed by atoms with Crippen LogP contribution in [0.3, 0.4) is 0 Å². The number of hydrogen-bond acceptors (Lipinski definition) is 15. The van der Waals surface area contributed by atoms with Crippen LogP contribution in [-0.4, -0.2) is 156 Å². The molecule has 3 rings (SSSR count). The van der Waals surface area contributed by atoms with E-state index in [-0.39, 0.29) is 0 Å². The van der Waals surface area contributed by atoms with Crippen LogP contribution in [0.5, 0.6) is 0 Å². The SMILES string of the molecule is C[C@@H]1OC(O)[C@H](O)[C@H](O[C@H]2O[C@H](CO)[C@H](O[C@@H]3O[C@H](CO)[C@@H](O)[C@H](O)[C@@H]3O)[C@H](O)[C@H]2O)[C@H]1O. The van der Waals surface area contributed by atoms with E-state index in [0.717, 1.165) is 0 Å². The standard InChI is InChI=1S/C18H32O15/c1-4-7(21)15(13(27)16(28)29-4)33-18-12(26)10(24)14(6(3-20)31-18)32-17-11(25)9(23)8(22)5(2-19)30-17/h4-28H,2-3H2,1H3/t4-,5+,6+,7-,8+,9-,10+,11-,12+,13+,14-,15+,16?,17-,18+/m0/s1. The number of hydrogen-bond donors (Lipinski definition) is 10. The second-order valence-electron chi connectivity index (χ2n) is 8.32. The van der Waals surface area contributed by atoms with Gasteiger partial charge in [-0.2, -0.15) is 0 Å². The third-order valence-corrected chi connectivity index (χ3v) is 6.05. The maximum Gasteiger partial charge on any atom is 0.187 e. The van der Waals surface area contributed by atoms with E-state index in [1.807, 2.05) is 0 Å². The Morgan fingerprint density at radius 2 is 1.06 bits per heavy atom. The van der Waals surface area contributed by atoms with Crippen molar-refractivity contribution in [3.63, 3.8) is 0 Å². The normalized spacial score (nSPS) is 53.7. The smallest absolute Gasteiger partial charge is 0.187 e. The molecule has 0 amide bonds. The molecule has 15 nitrogen and oxygen atoms in total. The minimum Gasteiger partial charge on any atom is -0.394 e. The summed E-state index contributed by atoms with van der Waals surface area (Å²) in [6.45, 7) is -0.107. The van der Waals surface area contributed by atoms with Gasteiger partial charge in [-0.05, 0) is 6.92 Å². The molecule has 0 spiro atoms. The molecular formula is C18H32O15. The van der Waals surface area contributed by atoms with Gasteiger partial charge in [0.2, 0.25) is 0 Å². The van der Waals surface area contributed by atoms with Gasteiger partial charge in [-0.3, -0.25) is 0 Å². The van der Waals surface area contributed by atoms with Gasteiger partial charge in [0.1, 0.15) is 67.1 Å². The molecule has 1 unspecified atom stereocenters. The van der Waals surface area contributed by atoms with Gasteiger partial charge in [0.25, 0.3) is 0 Å². The van der Waals surface area contributed by atoms with Crippen LogP contribution < -0.4 is 0 Å². The molecule has 15 heteroatoms. The third-order valence-electron chi connectivity index (χ3n) is 6.05. The van der Waals surface area contributed by atoms with E-state index in [9.17, 15) is 51.1 Å². The number of aliphatic hydroxyl groups is 10. The maximum absolute atomic E-state index is 10.6. The lowest BCUT2D eigenvalue weighted by molar-refractivity contribution is -0.377. The highest BCUT2D eigenvalue weighted by atomic mass is 16.7. The van der Waals surface area contributed by atoms with E-state index in [4.69, 9.17) is 23.7 Å². The van der Waals surface area contributed by atoms with E-state index in [2.05, 4.69) is 0 Å². The van der Waals surface area contributed by atoms with Gasteiger partial charge in [0.15, 0.2) is 18.9 Å². The molecule has 194 valence electrons. The first kappa shape index (κ1) is 27.0. The van der Waals surface area contributed by atoms with E-state index < -0.39 is 105 Å². The minimum atomic E-state index is -1.86. The Labute approximate surface area is 187 Å². The van der Waals surface area contributed by atoms with Crippen LogP contribution in [-0.2, 0) is 23.7 Å². The Bertz CT molecular complexity index is 608. The first-order valence-electron chi connectivity index (χ1n) is 10.4. The van der Waals surface area contributed by atoms with Gasteiger partial charge in [0.05, 0.1) is 19.3 Å². The minimum absolute atomic E-state index is 0.726. The van der Waals surface area contributed by atoms with Crippen LogP contribution in [0.25, 0.3) is 0 Å². The van der Waals surface area contributed by atoms with E-state index in [0.29, 0.717) is 0 Å². The Balaban J connectivity index is 1.71. The van der Waals surface area contributed by atoms with Gasteiger partial charge < -0.3 is 74.7 Å². The van der Waals surface area contributed by atoms with Crippen molar-refractivity contribution < 1.29 is 74.7 Å². The summed E-state index contributed by atoms with van der Waals surface area (Å²) >= 11 is 0. The van der Waals surface area contributed by atoms with Gasteiger partial charge in [-0.15, -0.1) is 0 Å². The molecule has 0 radical (unpaired) electrons. The average molecular weight is 488 g/mol. The molecule has 3 heterocycles. The average Bonchev–Trinajstić information content (AvgIpc) is 2.79. The molecule has 0 saturated carbocycles. The van der Waals surface area contributed by atoms with Crippen molar-refractivity contribution >= 4 is 0 Å². The lowest BCUT2D eigenvalue weighted by Gasteiger charge is -2.47. The van der Waals surface area contributed by atoms with E-state index in [1.165, 1.54) is 6.92 Å². The van der Waals surface area contributed by atoms with E-state index >= 15 is 0 Å². The highest BCUT2D eigenvalue weighted by molar-refractivity contribution is 4.95. The predicted molar refractivity (Wildman–Crippen MR) is 99.8 cm³/mol. The summed E-state index contributed by atoms with van der Waals surface area (Å²) in [6.07, 6.45) is -23.8. The first-order chi connectivity index (χ1) is 15.5. The fraction of sp³-hybridized carbons (Fsp3) is 1.00. The summed E-state index contributed by atoms with van der Waals surface area (Å²) in [5, 5.41) is 100. The molecule has 3 aliphatic rings. The van der Waals surface area contributed by atoms with Gasteiger partial charge >= 0.3 is 0 Å². The molecule has 0 bridgehead atoms. The highest BCUT2D eigenvalue weighted by Gasteiger charge is 2.52. The highest BCUT2D eigenvalue weighted by Crippen LogP contribution is 2.32. The quantitative estimate of drug-likeness (QED) is 0.167. The monoisotopic (exact) mass is 488 g/mol. The summed E-state index contributed by atoms with van der Waals surface area (Å²) in [7, 11) is 0. The fourth-order valence-electron chi connectivity index (χ4n) is 4.00. The van der Waals surface area contributed by atoms with Crippen LogP contribution >= 0.6 is 0 Å². The number of aliphatic hydroxyl groups excluding tert-OH is 10. The molecule has 0 aliphatic carbocycles. The molecular weight excluding hydrogens is 456 g/mol. The van der Waals surface area contributed by atoms with Gasteiger partial charge in [-0.1, -0.05) is 0 Å². The Kier molecular flexibility index (Phi) is 8.99. The van der Waals surface area contributed by atoms with Crippen molar-refractivity contribution in [3.05, 3.63) is 0 Å². The summed E-state index contributed by atoms with van der Waals surface area (Å²) in [5.41, 5.74) is 0. The Hall–Kier alpha value is -0.600. The molecule has 0 aromatic rings. The number of ether oxygens (including phenoxy) is 5. The first-order valence-corrected chi connectivity index (χ1v) is 10.4. The van der Waals surface area contributed by atoms with Gasteiger partial charge in [-0.25, -0.2) is 0 Å². The zero-order valence-electron chi connectivity index (χ0n) is 17.6. The zero-order valence-corrected chi connectivity index (χ0v) is 17.6. The van der Waals surface area contributed by atoms with E-state index in [1.54, 1.807) is 0 Å². The summed E-state index contributed by atoms with van der Waals surface area (Å²) in [4.78, 5) is 0. The fourth-order valence-corrected chi connectivity index (χ4v) is 4.00. The van der Waals surface area contributed by atoms with Crippen molar-refractivity contribution in [1.29, 1.82) is 0 Å². The second-order valence-corrected chi connectivity index (χ2v) is 8.32. The van der Waals surface area contributed by atoms with Crippen molar-refractivity contribution in [2.45, 2.75) is 99.0 Å². The summed E-state index contributed by atoms with van der Waals surface area (Å²) in [6, 6.07) is 0. The van der Waals surface area contributed by atoms with Crippen LogP contribution in [0.15, 0.2) is 0 Å². The molecule has 3 fully saturated rings. The van der Waals surface area contributed by atoms with Crippen LogP contribution in [0.2, 0.25) is 0 Å². The second kappa shape index (κ2) is 11.0. The van der Waals surface area contributed by atoms with Crippen LogP contribution in [0.4, 0.5) is 0 Å². The maximum atomic E-state index is 10.6. The summed E-state index contributed by atoms with van der Waals surface area (Å²) < 4.78 is 26.4. The number of rotatable bonds is 6. The van der Waals surface area contributed by atoms with Gasteiger partial charge in [0, 0.05) is 0 Å². The van der Waals surface area contributed by atoms with Crippen molar-refractivity contribution in [3.8, 4) is 0 Å². The molecule has 0 aromatic heterocycles. The van der Waals surface area contributed by atoms with Crippen LogP contribution in [0.1, 0.15) is 6.92 Å². The molecule has 0 aromatic carbocycles. The summed E-state index contributed by atoms with van der Waals surface area (Å²) in [5.74, 6) is 0. The zero-order chi connectivity index (χ0) is 24.6. The Morgan fingerprint density at radius 3 is 1.64 bits per heavy atom.